The van der Waals surface area contributed by atoms with Crippen LogP contribution in [0.4, 0.5) is 5.69 Å². The van der Waals surface area contributed by atoms with E-state index in [1.54, 1.807) is 44.4 Å². The van der Waals surface area contributed by atoms with Gasteiger partial charge < -0.3 is 28.5 Å². The Hall–Kier alpha value is -3.77. The highest BCUT2D eigenvalue weighted by atomic mass is 32.2. The zero-order chi connectivity index (χ0) is 26.9. The van der Waals surface area contributed by atoms with Crippen LogP contribution in [0.2, 0.25) is 0 Å². The number of sulfonamides is 1. The second-order valence-corrected chi connectivity index (χ2v) is 11.0. The summed E-state index contributed by atoms with van der Waals surface area (Å²) in [6, 6.07) is 10.2. The van der Waals surface area contributed by atoms with Crippen LogP contribution in [0.3, 0.4) is 0 Å². The second-order valence-electron chi connectivity index (χ2n) is 9.05. The van der Waals surface area contributed by atoms with Crippen molar-refractivity contribution in [3.05, 3.63) is 59.5 Å². The van der Waals surface area contributed by atoms with Gasteiger partial charge in [-0.05, 0) is 47.9 Å². The fourth-order valence-electron chi connectivity index (χ4n) is 4.92. The Morgan fingerprint density at radius 2 is 1.55 bits per heavy atom. The minimum atomic E-state index is -3.78. The lowest BCUT2D eigenvalue weighted by atomic mass is 10.0. The van der Waals surface area contributed by atoms with E-state index in [1.807, 2.05) is 17.0 Å². The number of anilines is 1. The molecule has 2 aromatic carbocycles. The molecule has 38 heavy (non-hydrogen) atoms. The van der Waals surface area contributed by atoms with Crippen molar-refractivity contribution >= 4 is 21.6 Å². The topological polar surface area (TPSA) is 115 Å². The van der Waals surface area contributed by atoms with Gasteiger partial charge in [0.25, 0.3) is 5.91 Å². The van der Waals surface area contributed by atoms with Gasteiger partial charge in [0.15, 0.2) is 11.5 Å². The number of nitrogens with zero attached hydrogens (tertiary/aromatic N) is 4. The molecular weight excluding hydrogens is 512 g/mol. The van der Waals surface area contributed by atoms with Gasteiger partial charge in [0.1, 0.15) is 5.75 Å². The van der Waals surface area contributed by atoms with Gasteiger partial charge in [-0.2, -0.15) is 4.31 Å². The summed E-state index contributed by atoms with van der Waals surface area (Å²) in [6.07, 6.45) is 2.01. The number of carbonyl (C=O) groups excluding carboxylic acids is 1. The summed E-state index contributed by atoms with van der Waals surface area (Å²) in [4.78, 5) is 16.5. The smallest absolute Gasteiger partial charge is 0.292 e. The van der Waals surface area contributed by atoms with E-state index in [9.17, 15) is 13.2 Å². The molecule has 12 heteroatoms. The first-order valence-electron chi connectivity index (χ1n) is 12.2. The lowest BCUT2D eigenvalue weighted by molar-refractivity contribution is 0.0704. The highest BCUT2D eigenvalue weighted by molar-refractivity contribution is 7.89. The first kappa shape index (κ1) is 25.9. The summed E-state index contributed by atoms with van der Waals surface area (Å²) < 4.78 is 50.3. The molecule has 0 bridgehead atoms. The van der Waals surface area contributed by atoms with Gasteiger partial charge in [-0.1, -0.05) is 5.16 Å². The van der Waals surface area contributed by atoms with E-state index >= 15 is 0 Å². The van der Waals surface area contributed by atoms with Gasteiger partial charge in [0.2, 0.25) is 15.8 Å². The number of methoxy groups -OCH3 is 3. The molecule has 5 rings (SSSR count). The molecule has 0 spiro atoms. The fraction of sp³-hybridized carbons (Fsp3) is 0.385. The number of amides is 1. The minimum Gasteiger partial charge on any atom is -0.495 e. The highest BCUT2D eigenvalue weighted by Crippen LogP contribution is 2.36. The molecule has 0 radical (unpaired) electrons. The van der Waals surface area contributed by atoms with E-state index in [1.165, 1.54) is 16.6 Å². The van der Waals surface area contributed by atoms with E-state index < -0.39 is 10.0 Å². The number of hydrogen-bond acceptors (Lipinski definition) is 9. The Morgan fingerprint density at radius 3 is 2.18 bits per heavy atom. The predicted octanol–water partition coefficient (Wildman–Crippen LogP) is 2.41. The number of hydrogen-bond donors (Lipinski definition) is 0. The van der Waals surface area contributed by atoms with Crippen LogP contribution in [0.25, 0.3) is 0 Å². The van der Waals surface area contributed by atoms with Crippen molar-refractivity contribution in [2.75, 3.05) is 59.0 Å². The molecule has 11 nitrogen and oxygen atoms in total. The fourth-order valence-corrected chi connectivity index (χ4v) is 6.36. The van der Waals surface area contributed by atoms with Gasteiger partial charge in [-0.15, -0.1) is 0 Å². The van der Waals surface area contributed by atoms with Crippen molar-refractivity contribution in [3.63, 3.8) is 0 Å². The molecular formula is C26H30N4O7S. The highest BCUT2D eigenvalue weighted by Gasteiger charge is 2.31. The summed E-state index contributed by atoms with van der Waals surface area (Å²) in [5.74, 6) is 1.75. The maximum Gasteiger partial charge on any atom is 0.292 e. The van der Waals surface area contributed by atoms with Crippen molar-refractivity contribution in [1.29, 1.82) is 0 Å². The molecule has 1 amide bonds. The van der Waals surface area contributed by atoms with Crippen LogP contribution in [-0.2, 0) is 23.0 Å². The van der Waals surface area contributed by atoms with Crippen LogP contribution in [0.5, 0.6) is 17.2 Å². The lowest BCUT2D eigenvalue weighted by Gasteiger charge is -2.36. The number of ether oxygens (including phenoxy) is 3. The molecule has 202 valence electrons. The molecule has 1 aromatic heterocycles. The van der Waals surface area contributed by atoms with Gasteiger partial charge in [-0.3, -0.25) is 4.79 Å². The third kappa shape index (κ3) is 4.76. The molecule has 3 aromatic rings. The quantitative estimate of drug-likeness (QED) is 0.444. The average molecular weight is 543 g/mol. The summed E-state index contributed by atoms with van der Waals surface area (Å²) in [5, 5.41) is 3.60. The normalized spacial score (nSPS) is 16.2. The molecule has 0 aliphatic carbocycles. The number of fused-ring (bicyclic) bond motifs is 1. The molecule has 0 unspecified atom stereocenters. The lowest BCUT2D eigenvalue weighted by Crippen LogP contribution is -2.48. The minimum absolute atomic E-state index is 0.192. The molecule has 3 heterocycles. The number of piperazine rings is 1. The summed E-state index contributed by atoms with van der Waals surface area (Å²) in [7, 11) is 0.913. The Kier molecular flexibility index (Phi) is 7.17. The van der Waals surface area contributed by atoms with Gasteiger partial charge in [0, 0.05) is 45.3 Å². The number of benzene rings is 2. The standard InChI is InChI=1S/C26H30N4O7S/c1-34-22-5-4-20(16-21(22)28-10-12-29(13-11-28)26(31)23-6-8-27-37-23)38(32,33)30-9-7-18-14-24(35-2)25(36-3)15-19(18)17-30/h4-6,8,14-16H,7,9-13,17H2,1-3H3. The van der Waals surface area contributed by atoms with Crippen LogP contribution in [-0.4, -0.2) is 82.7 Å². The Morgan fingerprint density at radius 1 is 0.868 bits per heavy atom. The monoisotopic (exact) mass is 542 g/mol. The number of aromatic nitrogens is 1. The van der Waals surface area contributed by atoms with Crippen LogP contribution in [0.1, 0.15) is 21.7 Å². The van der Waals surface area contributed by atoms with Crippen LogP contribution >= 0.6 is 0 Å². The van der Waals surface area contributed by atoms with Crippen LogP contribution < -0.4 is 19.1 Å². The third-order valence-corrected chi connectivity index (χ3v) is 8.87. The molecule has 0 N–H and O–H groups in total. The van der Waals surface area contributed by atoms with Gasteiger partial charge >= 0.3 is 0 Å². The summed E-state index contributed by atoms with van der Waals surface area (Å²) >= 11 is 0. The zero-order valence-corrected chi connectivity index (χ0v) is 22.4. The molecule has 0 saturated carbocycles. The number of carbonyl (C=O) groups is 1. The van der Waals surface area contributed by atoms with E-state index in [0.29, 0.717) is 62.1 Å². The van der Waals surface area contributed by atoms with E-state index in [0.717, 1.165) is 11.1 Å². The molecule has 1 fully saturated rings. The van der Waals surface area contributed by atoms with E-state index in [2.05, 4.69) is 5.16 Å². The molecule has 0 atom stereocenters. The first-order valence-corrected chi connectivity index (χ1v) is 13.7. The maximum atomic E-state index is 13.7. The number of rotatable bonds is 7. The summed E-state index contributed by atoms with van der Waals surface area (Å²) in [6.45, 7) is 2.52. The van der Waals surface area contributed by atoms with Crippen molar-refractivity contribution < 1.29 is 31.9 Å². The molecule has 2 aliphatic heterocycles. The van der Waals surface area contributed by atoms with E-state index in [4.69, 9.17) is 18.7 Å². The molecule has 1 saturated heterocycles. The average Bonchev–Trinajstić information content (AvgIpc) is 3.50. The Bertz CT molecular complexity index is 1420. The first-order chi connectivity index (χ1) is 18.3. The molecule has 2 aliphatic rings. The van der Waals surface area contributed by atoms with Gasteiger partial charge in [-0.25, -0.2) is 8.42 Å². The Balaban J connectivity index is 1.36. The van der Waals surface area contributed by atoms with Crippen molar-refractivity contribution in [2.45, 2.75) is 17.9 Å². The second kappa shape index (κ2) is 10.5. The van der Waals surface area contributed by atoms with Gasteiger partial charge in [0.05, 0.1) is 38.1 Å². The van der Waals surface area contributed by atoms with Crippen molar-refractivity contribution in [1.82, 2.24) is 14.4 Å². The zero-order valence-electron chi connectivity index (χ0n) is 21.5. The van der Waals surface area contributed by atoms with Crippen LogP contribution in [0.15, 0.2) is 52.0 Å². The van der Waals surface area contributed by atoms with Crippen LogP contribution in [0, 0.1) is 0 Å². The third-order valence-electron chi connectivity index (χ3n) is 7.03. The predicted molar refractivity (Wildman–Crippen MR) is 138 cm³/mol. The van der Waals surface area contributed by atoms with Crippen molar-refractivity contribution in [3.8, 4) is 17.2 Å². The maximum absolute atomic E-state index is 13.7. The van der Waals surface area contributed by atoms with Crippen molar-refractivity contribution in [2.24, 2.45) is 0 Å². The SMILES string of the molecule is COc1cc2c(cc1OC)CN(S(=O)(=O)c1ccc(OC)c(N3CCN(C(=O)c4ccno4)CC3)c1)CC2. The largest absolute Gasteiger partial charge is 0.495 e. The summed E-state index contributed by atoms with van der Waals surface area (Å²) in [5.41, 5.74) is 2.60. The Labute approximate surface area is 221 Å². The van der Waals surface area contributed by atoms with E-state index in [-0.39, 0.29) is 23.1 Å².